The first kappa shape index (κ1) is 18.4. The van der Waals surface area contributed by atoms with Gasteiger partial charge in [-0.1, -0.05) is 25.4 Å². The van der Waals surface area contributed by atoms with Gasteiger partial charge in [-0.25, -0.2) is 0 Å². The zero-order valence-electron chi connectivity index (χ0n) is 13.3. The van der Waals surface area contributed by atoms with Crippen LogP contribution >= 0.6 is 11.6 Å². The number of halogens is 4. The van der Waals surface area contributed by atoms with Crippen molar-refractivity contribution in [3.05, 3.63) is 34.5 Å². The Labute approximate surface area is 142 Å². The Morgan fingerprint density at radius 2 is 2.00 bits per heavy atom. The van der Waals surface area contributed by atoms with Crippen LogP contribution in [0.25, 0.3) is 5.57 Å². The second-order valence-electron chi connectivity index (χ2n) is 6.08. The minimum atomic E-state index is -4.46. The first-order valence-corrected chi connectivity index (χ1v) is 7.59. The lowest BCUT2D eigenvalue weighted by Crippen LogP contribution is -2.46. The maximum Gasteiger partial charge on any atom is 0.422 e. The van der Waals surface area contributed by atoms with E-state index in [2.05, 4.69) is 10.1 Å². The Morgan fingerprint density at radius 3 is 2.46 bits per heavy atom. The predicted molar refractivity (Wildman–Crippen MR) is 83.9 cm³/mol. The van der Waals surface area contributed by atoms with Crippen LogP contribution in [0.2, 0.25) is 5.02 Å². The lowest BCUT2D eigenvalue weighted by atomic mass is 9.86. The molecule has 8 heteroatoms. The van der Waals surface area contributed by atoms with E-state index in [0.717, 1.165) is 0 Å². The topological polar surface area (TPSA) is 58.6 Å². The molecule has 1 unspecified atom stereocenters. The van der Waals surface area contributed by atoms with Crippen LogP contribution in [0.5, 0.6) is 5.75 Å². The highest BCUT2D eigenvalue weighted by atomic mass is 35.5. The minimum Gasteiger partial charge on any atom is -0.509 e. The van der Waals surface area contributed by atoms with Crippen LogP contribution in [-0.2, 0) is 4.79 Å². The summed E-state index contributed by atoms with van der Waals surface area (Å²) in [5.74, 6) is -0.791. The maximum absolute atomic E-state index is 12.2. The lowest BCUT2D eigenvalue weighted by Gasteiger charge is -2.29. The van der Waals surface area contributed by atoms with E-state index in [1.165, 1.54) is 18.2 Å². The maximum atomic E-state index is 12.2. The molecule has 0 saturated heterocycles. The number of amides is 1. The molecule has 1 amide bonds. The van der Waals surface area contributed by atoms with Crippen LogP contribution < -0.4 is 10.1 Å². The summed E-state index contributed by atoms with van der Waals surface area (Å²) in [5.41, 5.74) is -0.685. The number of ether oxygens (including phenoxy) is 1. The molecule has 0 spiro atoms. The van der Waals surface area contributed by atoms with Gasteiger partial charge in [-0.2, -0.15) is 13.2 Å². The quantitative estimate of drug-likeness (QED) is 0.847. The highest BCUT2D eigenvalue weighted by Crippen LogP contribution is 2.39. The number of carbonyl (C=O) groups excluding carboxylic acids is 1. The molecule has 0 aliphatic carbocycles. The third kappa shape index (κ3) is 3.45. The molecule has 1 aliphatic rings. The summed E-state index contributed by atoms with van der Waals surface area (Å²) in [4.78, 5) is 12.2. The monoisotopic (exact) mass is 363 g/mol. The van der Waals surface area contributed by atoms with Crippen molar-refractivity contribution in [2.24, 2.45) is 5.92 Å². The van der Waals surface area contributed by atoms with Crippen molar-refractivity contribution in [3.8, 4) is 5.75 Å². The third-order valence-electron chi connectivity index (χ3n) is 4.10. The molecule has 0 fully saturated rings. The molecule has 0 saturated carbocycles. The summed E-state index contributed by atoms with van der Waals surface area (Å²) in [6.07, 6.45) is -4.46. The van der Waals surface area contributed by atoms with Gasteiger partial charge in [-0.3, -0.25) is 4.79 Å². The van der Waals surface area contributed by atoms with Gasteiger partial charge < -0.3 is 15.2 Å². The number of benzene rings is 1. The van der Waals surface area contributed by atoms with Gasteiger partial charge in [-0.15, -0.1) is 0 Å². The number of nitrogens with one attached hydrogen (secondary N) is 1. The Kier molecular flexibility index (Phi) is 4.77. The van der Waals surface area contributed by atoms with Gasteiger partial charge in [-0.05, 0) is 31.0 Å². The molecule has 4 nitrogen and oxygen atoms in total. The van der Waals surface area contributed by atoms with Crippen LogP contribution in [-0.4, -0.2) is 29.3 Å². The Morgan fingerprint density at radius 1 is 1.38 bits per heavy atom. The fraction of sp³-hybridized carbons (Fsp3) is 0.438. The summed E-state index contributed by atoms with van der Waals surface area (Å²) in [7, 11) is 0. The first-order valence-electron chi connectivity index (χ1n) is 7.21. The van der Waals surface area contributed by atoms with Crippen LogP contribution in [0.1, 0.15) is 26.3 Å². The average Bonchev–Trinajstić information content (AvgIpc) is 2.68. The highest BCUT2D eigenvalue weighted by Gasteiger charge is 2.44. The SMILES string of the molecule is CC(C)C1(C)NC(=O)C(c2ccc(OCC(F)(F)F)cc2Cl)=C1O. The van der Waals surface area contributed by atoms with Crippen LogP contribution in [0.3, 0.4) is 0 Å². The molecule has 132 valence electrons. The number of aliphatic hydroxyl groups is 1. The number of aliphatic hydroxyl groups excluding tert-OH is 1. The van der Waals surface area contributed by atoms with E-state index in [-0.39, 0.29) is 33.6 Å². The van der Waals surface area contributed by atoms with Gasteiger partial charge in [0.15, 0.2) is 6.61 Å². The molecule has 1 aromatic carbocycles. The first-order chi connectivity index (χ1) is 11.0. The third-order valence-corrected chi connectivity index (χ3v) is 4.41. The fourth-order valence-electron chi connectivity index (χ4n) is 2.35. The predicted octanol–water partition coefficient (Wildman–Crippen LogP) is 4.09. The molecule has 1 aromatic rings. The van der Waals surface area contributed by atoms with Gasteiger partial charge >= 0.3 is 6.18 Å². The van der Waals surface area contributed by atoms with Crippen molar-refractivity contribution < 1.29 is 27.8 Å². The smallest absolute Gasteiger partial charge is 0.422 e. The van der Waals surface area contributed by atoms with Crippen molar-refractivity contribution in [2.75, 3.05) is 6.61 Å². The van der Waals surface area contributed by atoms with E-state index < -0.39 is 24.2 Å². The van der Waals surface area contributed by atoms with Crippen LogP contribution in [0.4, 0.5) is 13.2 Å². The van der Waals surface area contributed by atoms with Crippen molar-refractivity contribution in [1.29, 1.82) is 0 Å². The number of hydrogen-bond donors (Lipinski definition) is 2. The van der Waals surface area contributed by atoms with Gasteiger partial charge in [0, 0.05) is 5.56 Å². The zero-order valence-corrected chi connectivity index (χ0v) is 14.0. The van der Waals surface area contributed by atoms with Gasteiger partial charge in [0.2, 0.25) is 0 Å². The van der Waals surface area contributed by atoms with Crippen LogP contribution in [0.15, 0.2) is 24.0 Å². The van der Waals surface area contributed by atoms with E-state index in [1.54, 1.807) is 6.92 Å². The fourth-order valence-corrected chi connectivity index (χ4v) is 2.61. The molecule has 0 aromatic heterocycles. The standard InChI is InChI=1S/C16H17ClF3NO3/c1-8(2)15(3)13(22)12(14(23)21-15)10-5-4-9(6-11(10)17)24-7-16(18,19)20/h4-6,8,22H,7H2,1-3H3,(H,21,23). The van der Waals surface area contributed by atoms with E-state index in [9.17, 15) is 23.1 Å². The zero-order chi connectivity index (χ0) is 18.3. The summed E-state index contributed by atoms with van der Waals surface area (Å²) in [6, 6.07) is 3.80. The minimum absolute atomic E-state index is 0.0126. The summed E-state index contributed by atoms with van der Waals surface area (Å²) in [5, 5.41) is 13.2. The van der Waals surface area contributed by atoms with E-state index >= 15 is 0 Å². The Bertz CT molecular complexity index is 700. The van der Waals surface area contributed by atoms with Crippen LogP contribution in [0, 0.1) is 5.92 Å². The Balaban J connectivity index is 2.36. The summed E-state index contributed by atoms with van der Waals surface area (Å²) >= 11 is 6.08. The molecule has 0 bridgehead atoms. The normalized spacial score (nSPS) is 21.4. The molecule has 2 N–H and O–H groups in total. The largest absolute Gasteiger partial charge is 0.509 e. The summed E-state index contributed by atoms with van der Waals surface area (Å²) in [6.45, 7) is 3.93. The molecular formula is C16H17ClF3NO3. The molecule has 0 radical (unpaired) electrons. The van der Waals surface area contributed by atoms with Crippen molar-refractivity contribution in [1.82, 2.24) is 5.32 Å². The lowest BCUT2D eigenvalue weighted by molar-refractivity contribution is -0.153. The van der Waals surface area contributed by atoms with Crippen molar-refractivity contribution in [2.45, 2.75) is 32.5 Å². The van der Waals surface area contributed by atoms with E-state index in [1.807, 2.05) is 13.8 Å². The summed E-state index contributed by atoms with van der Waals surface area (Å²) < 4.78 is 41.1. The van der Waals surface area contributed by atoms with Crippen molar-refractivity contribution >= 4 is 23.1 Å². The molecule has 1 atom stereocenters. The highest BCUT2D eigenvalue weighted by molar-refractivity contribution is 6.35. The second kappa shape index (κ2) is 6.20. The average molecular weight is 364 g/mol. The second-order valence-corrected chi connectivity index (χ2v) is 6.49. The van der Waals surface area contributed by atoms with E-state index in [4.69, 9.17) is 11.6 Å². The molecule has 2 rings (SSSR count). The Hall–Kier alpha value is -1.89. The van der Waals surface area contributed by atoms with Crippen molar-refractivity contribution in [3.63, 3.8) is 0 Å². The molecule has 24 heavy (non-hydrogen) atoms. The number of rotatable bonds is 4. The molecule has 1 heterocycles. The van der Waals surface area contributed by atoms with Gasteiger partial charge in [0.05, 0.1) is 16.1 Å². The molecular weight excluding hydrogens is 347 g/mol. The van der Waals surface area contributed by atoms with E-state index in [0.29, 0.717) is 0 Å². The number of alkyl halides is 3. The molecule has 1 aliphatic heterocycles. The number of carbonyl (C=O) groups is 1. The van der Waals surface area contributed by atoms with Gasteiger partial charge in [0.25, 0.3) is 5.91 Å². The number of hydrogen-bond acceptors (Lipinski definition) is 3. The van der Waals surface area contributed by atoms with Gasteiger partial charge in [0.1, 0.15) is 11.5 Å².